The number of esters is 1. The van der Waals surface area contributed by atoms with E-state index in [-0.39, 0.29) is 11.6 Å². The largest absolute Gasteiger partial charge is 0.452 e. The van der Waals surface area contributed by atoms with Gasteiger partial charge < -0.3 is 10.1 Å². The van der Waals surface area contributed by atoms with Crippen molar-refractivity contribution in [3.05, 3.63) is 33.9 Å². The standard InChI is InChI=1S/C13H14N2O7S/c1-23(20,21)11-5-2-8(6-10(11)15(18)19)13(17)22-7-12(16)14-9-3-4-9/h2,5-6,9H,3-4,7H2,1H3,(H,14,16). The van der Waals surface area contributed by atoms with Crippen LogP contribution in [0.25, 0.3) is 0 Å². The predicted molar refractivity (Wildman–Crippen MR) is 77.7 cm³/mol. The summed E-state index contributed by atoms with van der Waals surface area (Å²) in [6.45, 7) is -0.503. The summed E-state index contributed by atoms with van der Waals surface area (Å²) in [6, 6.07) is 3.01. The van der Waals surface area contributed by atoms with E-state index in [1.54, 1.807) is 0 Å². The van der Waals surface area contributed by atoms with E-state index in [0.29, 0.717) is 0 Å². The third-order valence-corrected chi connectivity index (χ3v) is 4.21. The van der Waals surface area contributed by atoms with Crippen molar-refractivity contribution in [1.29, 1.82) is 0 Å². The molecule has 1 aromatic rings. The molecule has 0 saturated heterocycles. The first-order valence-corrected chi connectivity index (χ1v) is 8.52. The maximum atomic E-state index is 11.8. The van der Waals surface area contributed by atoms with Crippen molar-refractivity contribution in [2.24, 2.45) is 0 Å². The molecular weight excluding hydrogens is 328 g/mol. The van der Waals surface area contributed by atoms with Crippen molar-refractivity contribution in [3.8, 4) is 0 Å². The minimum Gasteiger partial charge on any atom is -0.452 e. The van der Waals surface area contributed by atoms with Crippen LogP contribution >= 0.6 is 0 Å². The molecular formula is C13H14N2O7S. The minimum absolute atomic E-state index is 0.122. The van der Waals surface area contributed by atoms with Gasteiger partial charge in [0.2, 0.25) is 0 Å². The van der Waals surface area contributed by atoms with Gasteiger partial charge in [0, 0.05) is 18.4 Å². The first-order valence-electron chi connectivity index (χ1n) is 6.63. The molecule has 1 aromatic carbocycles. The van der Waals surface area contributed by atoms with Crippen LogP contribution in [0.2, 0.25) is 0 Å². The maximum Gasteiger partial charge on any atom is 0.338 e. The van der Waals surface area contributed by atoms with Crippen molar-refractivity contribution in [1.82, 2.24) is 5.32 Å². The van der Waals surface area contributed by atoms with E-state index in [1.807, 2.05) is 0 Å². The van der Waals surface area contributed by atoms with Gasteiger partial charge in [-0.2, -0.15) is 0 Å². The first kappa shape index (κ1) is 16.9. The topological polar surface area (TPSA) is 133 Å². The van der Waals surface area contributed by atoms with E-state index >= 15 is 0 Å². The van der Waals surface area contributed by atoms with Crippen LogP contribution in [0.4, 0.5) is 5.69 Å². The molecule has 0 spiro atoms. The second-order valence-electron chi connectivity index (χ2n) is 5.13. The normalized spacial score (nSPS) is 14.1. The monoisotopic (exact) mass is 342 g/mol. The van der Waals surface area contributed by atoms with E-state index in [9.17, 15) is 28.1 Å². The average Bonchev–Trinajstić information content (AvgIpc) is 3.27. The Labute approximate surface area is 131 Å². The highest BCUT2D eigenvalue weighted by Crippen LogP contribution is 2.25. The number of nitrogens with zero attached hydrogens (tertiary/aromatic N) is 1. The number of rotatable bonds is 6. The Kier molecular flexibility index (Phi) is 4.64. The number of nitro groups is 1. The third kappa shape index (κ3) is 4.49. The zero-order valence-corrected chi connectivity index (χ0v) is 13.0. The molecule has 124 valence electrons. The summed E-state index contributed by atoms with van der Waals surface area (Å²) in [7, 11) is -3.81. The van der Waals surface area contributed by atoms with Gasteiger partial charge in [-0.05, 0) is 25.0 Å². The highest BCUT2D eigenvalue weighted by atomic mass is 32.2. The number of nitro benzene ring substituents is 1. The lowest BCUT2D eigenvalue weighted by atomic mass is 10.2. The summed E-state index contributed by atoms with van der Waals surface area (Å²) in [5.74, 6) is -1.40. The average molecular weight is 342 g/mol. The number of nitrogens with one attached hydrogen (secondary N) is 1. The fourth-order valence-corrected chi connectivity index (χ4v) is 2.64. The lowest BCUT2D eigenvalue weighted by Crippen LogP contribution is -2.30. The maximum absolute atomic E-state index is 11.8. The smallest absolute Gasteiger partial charge is 0.338 e. The molecule has 0 atom stereocenters. The lowest BCUT2D eigenvalue weighted by Gasteiger charge is -2.06. The van der Waals surface area contributed by atoms with Crippen LogP contribution in [-0.4, -0.2) is 44.1 Å². The van der Waals surface area contributed by atoms with Crippen LogP contribution < -0.4 is 5.32 Å². The van der Waals surface area contributed by atoms with Crippen LogP contribution in [0.3, 0.4) is 0 Å². The third-order valence-electron chi connectivity index (χ3n) is 3.07. The lowest BCUT2D eigenvalue weighted by molar-refractivity contribution is -0.387. The zero-order chi connectivity index (χ0) is 17.2. The quantitative estimate of drug-likeness (QED) is 0.450. The van der Waals surface area contributed by atoms with Crippen molar-refractivity contribution in [2.75, 3.05) is 12.9 Å². The molecule has 1 saturated carbocycles. The Hall–Kier alpha value is -2.49. The molecule has 1 aliphatic carbocycles. The fraction of sp³-hybridized carbons (Fsp3) is 0.385. The number of sulfone groups is 1. The number of ether oxygens (including phenoxy) is 1. The van der Waals surface area contributed by atoms with E-state index in [4.69, 9.17) is 4.74 Å². The Morgan fingerprint density at radius 2 is 2.04 bits per heavy atom. The molecule has 0 heterocycles. The molecule has 0 radical (unpaired) electrons. The molecule has 1 fully saturated rings. The first-order chi connectivity index (χ1) is 10.7. The van der Waals surface area contributed by atoms with Gasteiger partial charge in [0.1, 0.15) is 4.90 Å². The van der Waals surface area contributed by atoms with Gasteiger partial charge >= 0.3 is 5.97 Å². The van der Waals surface area contributed by atoms with Gasteiger partial charge in [-0.15, -0.1) is 0 Å². The van der Waals surface area contributed by atoms with Gasteiger partial charge in [0.05, 0.1) is 10.5 Å². The molecule has 1 aliphatic rings. The number of hydrogen-bond donors (Lipinski definition) is 1. The number of hydrogen-bond acceptors (Lipinski definition) is 7. The van der Waals surface area contributed by atoms with E-state index in [2.05, 4.69) is 5.32 Å². The van der Waals surface area contributed by atoms with Crippen LogP contribution in [0.1, 0.15) is 23.2 Å². The molecule has 10 heteroatoms. The summed E-state index contributed by atoms with van der Waals surface area (Å²) in [5.41, 5.74) is -0.923. The van der Waals surface area contributed by atoms with Crippen LogP contribution in [0, 0.1) is 10.1 Å². The SMILES string of the molecule is CS(=O)(=O)c1ccc(C(=O)OCC(=O)NC2CC2)cc1[N+](=O)[O-]. The predicted octanol–water partition coefficient (Wildman–Crippen LogP) is 0.434. The van der Waals surface area contributed by atoms with Crippen molar-refractivity contribution in [2.45, 2.75) is 23.8 Å². The number of amides is 1. The molecule has 0 unspecified atom stereocenters. The summed E-state index contributed by atoms with van der Waals surface area (Å²) in [6.07, 6.45) is 2.60. The van der Waals surface area contributed by atoms with Gasteiger partial charge in [-0.3, -0.25) is 14.9 Å². The highest BCUT2D eigenvalue weighted by Gasteiger charge is 2.26. The minimum atomic E-state index is -3.81. The van der Waals surface area contributed by atoms with Gasteiger partial charge in [-0.25, -0.2) is 13.2 Å². The summed E-state index contributed by atoms with van der Waals surface area (Å²) in [4.78, 5) is 32.8. The van der Waals surface area contributed by atoms with E-state index in [1.165, 1.54) is 0 Å². The second-order valence-corrected chi connectivity index (χ2v) is 7.11. The summed E-state index contributed by atoms with van der Waals surface area (Å²) < 4.78 is 27.7. The second kappa shape index (κ2) is 6.32. The Morgan fingerprint density at radius 1 is 1.39 bits per heavy atom. The molecule has 9 nitrogen and oxygen atoms in total. The van der Waals surface area contributed by atoms with Gasteiger partial charge in [-0.1, -0.05) is 0 Å². The fourth-order valence-electron chi connectivity index (χ4n) is 1.81. The summed E-state index contributed by atoms with van der Waals surface area (Å²) >= 11 is 0. The van der Waals surface area contributed by atoms with Crippen molar-refractivity contribution < 1.29 is 27.7 Å². The number of carbonyl (C=O) groups excluding carboxylic acids is 2. The van der Waals surface area contributed by atoms with Crippen molar-refractivity contribution in [3.63, 3.8) is 0 Å². The molecule has 1 N–H and O–H groups in total. The Morgan fingerprint density at radius 3 is 2.57 bits per heavy atom. The number of benzene rings is 1. The molecule has 0 bridgehead atoms. The molecule has 23 heavy (non-hydrogen) atoms. The van der Waals surface area contributed by atoms with E-state index in [0.717, 1.165) is 37.3 Å². The molecule has 2 rings (SSSR count). The zero-order valence-electron chi connectivity index (χ0n) is 12.1. The van der Waals surface area contributed by atoms with Crippen LogP contribution in [-0.2, 0) is 19.4 Å². The van der Waals surface area contributed by atoms with Crippen molar-refractivity contribution >= 4 is 27.4 Å². The highest BCUT2D eigenvalue weighted by molar-refractivity contribution is 7.90. The van der Waals surface area contributed by atoms with Gasteiger partial charge in [0.25, 0.3) is 11.6 Å². The number of carbonyl (C=O) groups is 2. The Balaban J connectivity index is 2.12. The Bertz CT molecular complexity index is 769. The van der Waals surface area contributed by atoms with Crippen LogP contribution in [0.15, 0.2) is 23.1 Å². The van der Waals surface area contributed by atoms with E-state index < -0.39 is 43.8 Å². The molecule has 0 aromatic heterocycles. The molecule has 1 amide bonds. The summed E-state index contributed by atoms with van der Waals surface area (Å²) in [5, 5.41) is 13.6. The molecule has 0 aliphatic heterocycles. The van der Waals surface area contributed by atoms with Gasteiger partial charge in [0.15, 0.2) is 16.4 Å². The van der Waals surface area contributed by atoms with Crippen LogP contribution in [0.5, 0.6) is 0 Å².